The van der Waals surface area contributed by atoms with Crippen LogP contribution in [0.15, 0.2) is 0 Å². The Bertz CT molecular complexity index is 471. The third-order valence-corrected chi connectivity index (χ3v) is 5.82. The molecule has 3 unspecified atom stereocenters. The fourth-order valence-corrected chi connectivity index (χ4v) is 4.30. The van der Waals surface area contributed by atoms with Crippen LogP contribution in [0.25, 0.3) is 0 Å². The van der Waals surface area contributed by atoms with Crippen molar-refractivity contribution in [3.05, 3.63) is 0 Å². The van der Waals surface area contributed by atoms with Crippen LogP contribution in [0.5, 0.6) is 0 Å². The molecule has 2 heterocycles. The number of fused-ring (bicyclic) bond motifs is 1. The molecule has 3 fully saturated rings. The number of hydrogen-bond donors (Lipinski definition) is 1. The summed E-state index contributed by atoms with van der Waals surface area (Å²) < 4.78 is 5.74. The van der Waals surface area contributed by atoms with Crippen LogP contribution in [0.1, 0.15) is 27.2 Å². The van der Waals surface area contributed by atoms with E-state index in [9.17, 15) is 9.59 Å². The first-order valence-electron chi connectivity index (χ1n) is 7.75. The number of nitrogens with zero attached hydrogens (tertiary/aromatic N) is 2. The summed E-state index contributed by atoms with van der Waals surface area (Å²) in [5, 5.41) is 0. The minimum Gasteiger partial charge on any atom is -0.377 e. The molecule has 0 aromatic rings. The quantitative estimate of drug-likeness (QED) is 0.728. The fraction of sp³-hybridized carbons (Fsp3) is 0.867. The van der Waals surface area contributed by atoms with Crippen LogP contribution in [0.4, 0.5) is 0 Å². The van der Waals surface area contributed by atoms with E-state index in [4.69, 9.17) is 10.5 Å². The van der Waals surface area contributed by atoms with Crippen molar-refractivity contribution in [3.8, 4) is 0 Å². The van der Waals surface area contributed by atoms with Gasteiger partial charge in [0.05, 0.1) is 6.10 Å². The Hall–Kier alpha value is -1.14. The number of piperazine rings is 1. The number of carbonyl (C=O) groups excluding carboxylic acids is 2. The van der Waals surface area contributed by atoms with Crippen LogP contribution in [0.3, 0.4) is 0 Å². The van der Waals surface area contributed by atoms with Crippen LogP contribution < -0.4 is 5.73 Å². The van der Waals surface area contributed by atoms with Crippen molar-refractivity contribution < 1.29 is 14.3 Å². The van der Waals surface area contributed by atoms with E-state index in [-0.39, 0.29) is 29.3 Å². The Morgan fingerprint density at radius 3 is 2.29 bits per heavy atom. The minimum absolute atomic E-state index is 0.0300. The molecule has 6 heteroatoms. The van der Waals surface area contributed by atoms with Gasteiger partial charge in [-0.05, 0) is 6.42 Å². The molecular formula is C15H25N3O3. The summed E-state index contributed by atoms with van der Waals surface area (Å²) >= 11 is 0. The van der Waals surface area contributed by atoms with Crippen molar-refractivity contribution in [1.29, 1.82) is 0 Å². The second-order valence-electron chi connectivity index (χ2n) is 7.08. The first-order chi connectivity index (χ1) is 9.80. The van der Waals surface area contributed by atoms with Crippen molar-refractivity contribution in [3.63, 3.8) is 0 Å². The maximum Gasteiger partial charge on any atom is 0.243 e. The predicted molar refractivity (Wildman–Crippen MR) is 77.4 cm³/mol. The lowest BCUT2D eigenvalue weighted by atomic mass is 9.47. The van der Waals surface area contributed by atoms with Gasteiger partial charge in [0, 0.05) is 51.0 Å². The summed E-state index contributed by atoms with van der Waals surface area (Å²) in [6, 6.07) is 0. The SMILES string of the molecule is CC(=O)N1CCN(C(=O)C2(N)C3CCOC3C2(C)C)CC1. The number of amides is 2. The van der Waals surface area contributed by atoms with Gasteiger partial charge in [-0.2, -0.15) is 0 Å². The predicted octanol–water partition coefficient (Wildman–Crippen LogP) is -0.180. The van der Waals surface area contributed by atoms with E-state index in [1.165, 1.54) is 0 Å². The van der Waals surface area contributed by atoms with Crippen LogP contribution in [-0.4, -0.2) is 66.0 Å². The Kier molecular flexibility index (Phi) is 3.29. The van der Waals surface area contributed by atoms with Gasteiger partial charge in [-0.3, -0.25) is 9.59 Å². The zero-order valence-corrected chi connectivity index (χ0v) is 13.1. The average Bonchev–Trinajstić information content (AvgIpc) is 2.94. The van der Waals surface area contributed by atoms with E-state index < -0.39 is 5.54 Å². The van der Waals surface area contributed by atoms with Crippen LogP contribution in [0.2, 0.25) is 0 Å². The number of hydrogen-bond acceptors (Lipinski definition) is 4. The van der Waals surface area contributed by atoms with Gasteiger partial charge in [-0.25, -0.2) is 0 Å². The molecule has 118 valence electrons. The number of nitrogens with two attached hydrogens (primary N) is 1. The van der Waals surface area contributed by atoms with Gasteiger partial charge in [-0.15, -0.1) is 0 Å². The van der Waals surface area contributed by atoms with Crippen molar-refractivity contribution in [2.75, 3.05) is 32.8 Å². The Morgan fingerprint density at radius 1 is 1.14 bits per heavy atom. The lowest BCUT2D eigenvalue weighted by Crippen LogP contribution is -2.80. The molecule has 3 aliphatic rings. The van der Waals surface area contributed by atoms with Gasteiger partial charge in [0.2, 0.25) is 11.8 Å². The highest BCUT2D eigenvalue weighted by Crippen LogP contribution is 2.58. The second-order valence-corrected chi connectivity index (χ2v) is 7.08. The molecule has 0 radical (unpaired) electrons. The minimum atomic E-state index is -0.827. The molecular weight excluding hydrogens is 270 g/mol. The number of ether oxygens (including phenoxy) is 1. The van der Waals surface area contributed by atoms with Crippen LogP contribution in [-0.2, 0) is 14.3 Å². The van der Waals surface area contributed by atoms with E-state index >= 15 is 0 Å². The highest BCUT2D eigenvalue weighted by atomic mass is 16.5. The normalized spacial score (nSPS) is 37.9. The third kappa shape index (κ3) is 1.85. The Labute approximate surface area is 125 Å². The first-order valence-corrected chi connectivity index (χ1v) is 7.75. The molecule has 0 bridgehead atoms. The van der Waals surface area contributed by atoms with Gasteiger partial charge in [-0.1, -0.05) is 13.8 Å². The maximum atomic E-state index is 13.0. The fourth-order valence-electron chi connectivity index (χ4n) is 4.30. The maximum absolute atomic E-state index is 13.0. The third-order valence-electron chi connectivity index (χ3n) is 5.82. The molecule has 1 saturated carbocycles. The molecule has 2 N–H and O–H groups in total. The zero-order chi connectivity index (χ0) is 15.4. The molecule has 2 amide bonds. The van der Waals surface area contributed by atoms with Crippen molar-refractivity contribution in [1.82, 2.24) is 9.80 Å². The molecule has 3 atom stereocenters. The molecule has 6 nitrogen and oxygen atoms in total. The van der Waals surface area contributed by atoms with E-state index in [0.29, 0.717) is 32.8 Å². The summed E-state index contributed by atoms with van der Waals surface area (Å²) in [5.74, 6) is 0.228. The van der Waals surface area contributed by atoms with Gasteiger partial charge in [0.25, 0.3) is 0 Å². The molecule has 21 heavy (non-hydrogen) atoms. The summed E-state index contributed by atoms with van der Waals surface area (Å²) in [4.78, 5) is 28.0. The number of carbonyl (C=O) groups is 2. The smallest absolute Gasteiger partial charge is 0.243 e. The van der Waals surface area contributed by atoms with E-state index in [1.54, 1.807) is 11.8 Å². The van der Waals surface area contributed by atoms with Gasteiger partial charge < -0.3 is 20.3 Å². The summed E-state index contributed by atoms with van der Waals surface area (Å²) in [5.41, 5.74) is 5.43. The summed E-state index contributed by atoms with van der Waals surface area (Å²) in [6.45, 7) is 8.68. The van der Waals surface area contributed by atoms with Crippen molar-refractivity contribution in [2.45, 2.75) is 38.8 Å². The molecule has 3 rings (SSSR count). The van der Waals surface area contributed by atoms with Gasteiger partial charge in [0.15, 0.2) is 0 Å². The topological polar surface area (TPSA) is 75.9 Å². The van der Waals surface area contributed by atoms with E-state index in [0.717, 1.165) is 6.42 Å². The molecule has 0 spiro atoms. The second kappa shape index (κ2) is 4.68. The highest BCUT2D eigenvalue weighted by molar-refractivity contribution is 5.90. The number of rotatable bonds is 1. The van der Waals surface area contributed by atoms with Crippen LogP contribution >= 0.6 is 0 Å². The largest absolute Gasteiger partial charge is 0.377 e. The van der Waals surface area contributed by atoms with Crippen molar-refractivity contribution >= 4 is 11.8 Å². The Balaban J connectivity index is 1.72. The van der Waals surface area contributed by atoms with Crippen LogP contribution in [0, 0.1) is 11.3 Å². The van der Waals surface area contributed by atoms with Gasteiger partial charge >= 0.3 is 0 Å². The molecule has 0 aromatic heterocycles. The highest BCUT2D eigenvalue weighted by Gasteiger charge is 2.71. The molecule has 0 aromatic carbocycles. The standard InChI is InChI=1S/C15H25N3O3/c1-10(19)17-5-7-18(8-6-17)13(20)15(16)11-4-9-21-12(11)14(15,2)3/h11-12H,4-9,16H2,1-3H3. The van der Waals surface area contributed by atoms with E-state index in [2.05, 4.69) is 0 Å². The summed E-state index contributed by atoms with van der Waals surface area (Å²) in [6.07, 6.45) is 0.967. The molecule has 2 aliphatic heterocycles. The summed E-state index contributed by atoms with van der Waals surface area (Å²) in [7, 11) is 0. The Morgan fingerprint density at radius 2 is 1.71 bits per heavy atom. The lowest BCUT2D eigenvalue weighted by molar-refractivity contribution is -0.185. The van der Waals surface area contributed by atoms with E-state index in [1.807, 2.05) is 18.7 Å². The van der Waals surface area contributed by atoms with Gasteiger partial charge in [0.1, 0.15) is 5.54 Å². The molecule has 1 aliphatic carbocycles. The zero-order valence-electron chi connectivity index (χ0n) is 13.1. The molecule has 2 saturated heterocycles. The monoisotopic (exact) mass is 295 g/mol. The van der Waals surface area contributed by atoms with Crippen molar-refractivity contribution in [2.24, 2.45) is 17.1 Å². The first kappa shape index (κ1) is 14.8. The lowest BCUT2D eigenvalue weighted by Gasteiger charge is -2.62. The average molecular weight is 295 g/mol.